The van der Waals surface area contributed by atoms with Crippen LogP contribution in [0.25, 0.3) is 0 Å². The fourth-order valence-corrected chi connectivity index (χ4v) is 2.91. The molecule has 1 atom stereocenters. The highest BCUT2D eigenvalue weighted by Gasteiger charge is 2.20. The molecule has 0 radical (unpaired) electrons. The van der Waals surface area contributed by atoms with Gasteiger partial charge in [0.2, 0.25) is 0 Å². The Morgan fingerprint density at radius 3 is 2.90 bits per heavy atom. The summed E-state index contributed by atoms with van der Waals surface area (Å²) in [7, 11) is 0. The number of nitrogens with one attached hydrogen (secondary N) is 1. The first-order valence-electron chi connectivity index (χ1n) is 7.05. The first-order valence-corrected chi connectivity index (χ1v) is 7.05. The van der Waals surface area contributed by atoms with Crippen molar-refractivity contribution < 1.29 is 4.39 Å². The molecule has 0 aromatic heterocycles. The van der Waals surface area contributed by atoms with E-state index in [0.717, 1.165) is 24.9 Å². The second-order valence-electron chi connectivity index (χ2n) is 5.48. The van der Waals surface area contributed by atoms with Gasteiger partial charge in [0, 0.05) is 0 Å². The molecule has 104 valence electrons. The summed E-state index contributed by atoms with van der Waals surface area (Å²) in [6.07, 6.45) is 3.37. The van der Waals surface area contributed by atoms with E-state index in [1.54, 1.807) is 13.0 Å². The number of halogens is 1. The molecule has 20 heavy (non-hydrogen) atoms. The maximum atomic E-state index is 13.5. The lowest BCUT2D eigenvalue weighted by molar-refractivity contribution is 0.599. The Hall–Kier alpha value is -2.03. The maximum absolute atomic E-state index is 13.5. The van der Waals surface area contributed by atoms with Crippen molar-refractivity contribution in [1.82, 2.24) is 0 Å². The molecule has 3 rings (SSSR count). The van der Waals surface area contributed by atoms with Crippen LogP contribution in [-0.4, -0.2) is 0 Å². The molecule has 0 spiro atoms. The first-order chi connectivity index (χ1) is 9.65. The summed E-state index contributed by atoms with van der Waals surface area (Å²) in [4.78, 5) is 0. The van der Waals surface area contributed by atoms with E-state index in [1.165, 1.54) is 17.2 Å². The van der Waals surface area contributed by atoms with E-state index < -0.39 is 0 Å². The van der Waals surface area contributed by atoms with Crippen LogP contribution in [0.4, 0.5) is 15.8 Å². The summed E-state index contributed by atoms with van der Waals surface area (Å²) < 4.78 is 13.5. The van der Waals surface area contributed by atoms with Gasteiger partial charge in [-0.25, -0.2) is 4.39 Å². The molecule has 0 heterocycles. The lowest BCUT2D eigenvalue weighted by Crippen LogP contribution is -2.18. The number of hydrogen-bond acceptors (Lipinski definition) is 2. The van der Waals surface area contributed by atoms with E-state index in [2.05, 4.69) is 29.6 Å². The van der Waals surface area contributed by atoms with Crippen LogP contribution < -0.4 is 11.1 Å². The van der Waals surface area contributed by atoms with Crippen LogP contribution in [0.5, 0.6) is 0 Å². The Bertz CT molecular complexity index is 637. The molecule has 2 nitrogen and oxygen atoms in total. The highest BCUT2D eigenvalue weighted by Crippen LogP contribution is 2.34. The van der Waals surface area contributed by atoms with Crippen molar-refractivity contribution in [3.05, 3.63) is 58.9 Å². The van der Waals surface area contributed by atoms with Crippen molar-refractivity contribution in [2.45, 2.75) is 32.2 Å². The molecule has 1 aliphatic rings. The SMILES string of the molecule is Cc1cc(NC2CCCc3ccccc32)c(N)cc1F. The van der Waals surface area contributed by atoms with Crippen LogP contribution in [-0.2, 0) is 6.42 Å². The van der Waals surface area contributed by atoms with Crippen LogP contribution in [0.2, 0.25) is 0 Å². The second kappa shape index (κ2) is 5.16. The number of benzene rings is 2. The summed E-state index contributed by atoms with van der Waals surface area (Å²) >= 11 is 0. The third-order valence-electron chi connectivity index (χ3n) is 4.03. The summed E-state index contributed by atoms with van der Waals surface area (Å²) in [5.74, 6) is -0.253. The zero-order valence-corrected chi connectivity index (χ0v) is 11.6. The van der Waals surface area contributed by atoms with E-state index in [-0.39, 0.29) is 11.9 Å². The molecule has 2 aromatic carbocycles. The minimum Gasteiger partial charge on any atom is -0.397 e. The number of rotatable bonds is 2. The van der Waals surface area contributed by atoms with E-state index >= 15 is 0 Å². The lowest BCUT2D eigenvalue weighted by Gasteiger charge is -2.28. The van der Waals surface area contributed by atoms with Gasteiger partial charge < -0.3 is 11.1 Å². The molecule has 1 aliphatic carbocycles. The van der Waals surface area contributed by atoms with E-state index in [4.69, 9.17) is 5.73 Å². The van der Waals surface area contributed by atoms with Crippen molar-refractivity contribution in [3.8, 4) is 0 Å². The van der Waals surface area contributed by atoms with Crippen LogP contribution in [0.1, 0.15) is 35.6 Å². The van der Waals surface area contributed by atoms with E-state index in [9.17, 15) is 4.39 Å². The highest BCUT2D eigenvalue weighted by molar-refractivity contribution is 5.68. The Morgan fingerprint density at radius 1 is 1.25 bits per heavy atom. The van der Waals surface area contributed by atoms with Crippen LogP contribution >= 0.6 is 0 Å². The topological polar surface area (TPSA) is 38.0 Å². The van der Waals surface area contributed by atoms with Gasteiger partial charge in [-0.05, 0) is 55.0 Å². The van der Waals surface area contributed by atoms with Crippen molar-refractivity contribution in [2.24, 2.45) is 0 Å². The Morgan fingerprint density at radius 2 is 2.05 bits per heavy atom. The summed E-state index contributed by atoms with van der Waals surface area (Å²) in [6.45, 7) is 1.76. The van der Waals surface area contributed by atoms with Gasteiger partial charge in [-0.2, -0.15) is 0 Å². The maximum Gasteiger partial charge on any atom is 0.128 e. The van der Waals surface area contributed by atoms with Crippen molar-refractivity contribution in [1.29, 1.82) is 0 Å². The predicted octanol–water partition coefficient (Wildman–Crippen LogP) is 4.21. The van der Waals surface area contributed by atoms with Gasteiger partial charge in [0.05, 0.1) is 17.4 Å². The molecule has 0 saturated carbocycles. The molecule has 1 unspecified atom stereocenters. The smallest absolute Gasteiger partial charge is 0.128 e. The molecule has 0 amide bonds. The van der Waals surface area contributed by atoms with Gasteiger partial charge in [-0.1, -0.05) is 24.3 Å². The zero-order chi connectivity index (χ0) is 14.1. The second-order valence-corrected chi connectivity index (χ2v) is 5.48. The number of nitrogens with two attached hydrogens (primary N) is 1. The lowest BCUT2D eigenvalue weighted by atomic mass is 9.87. The first kappa shape index (κ1) is 13.0. The largest absolute Gasteiger partial charge is 0.397 e. The molecule has 0 saturated heterocycles. The molecule has 0 fully saturated rings. The average Bonchev–Trinajstić information content (AvgIpc) is 2.45. The Labute approximate surface area is 118 Å². The molecular weight excluding hydrogens is 251 g/mol. The monoisotopic (exact) mass is 270 g/mol. The van der Waals surface area contributed by atoms with Gasteiger partial charge in [0.1, 0.15) is 5.82 Å². The van der Waals surface area contributed by atoms with Crippen molar-refractivity contribution in [3.63, 3.8) is 0 Å². The Balaban J connectivity index is 1.91. The van der Waals surface area contributed by atoms with E-state index in [1.807, 2.05) is 0 Å². The summed E-state index contributed by atoms with van der Waals surface area (Å²) in [5.41, 5.74) is 10.6. The van der Waals surface area contributed by atoms with Crippen LogP contribution in [0.3, 0.4) is 0 Å². The van der Waals surface area contributed by atoms with Crippen molar-refractivity contribution >= 4 is 11.4 Å². The molecule has 0 aliphatic heterocycles. The fourth-order valence-electron chi connectivity index (χ4n) is 2.91. The standard InChI is InChI=1S/C17H19FN2/c1-11-9-17(15(19)10-14(11)18)20-16-8-4-6-12-5-2-3-7-13(12)16/h2-3,5,7,9-10,16,20H,4,6,8,19H2,1H3. The molecule has 3 heteroatoms. The fraction of sp³-hybridized carbons (Fsp3) is 0.294. The number of fused-ring (bicyclic) bond motifs is 1. The minimum absolute atomic E-state index is 0.253. The summed E-state index contributed by atoms with van der Waals surface area (Å²) in [5, 5.41) is 3.48. The average molecular weight is 270 g/mol. The molecule has 3 N–H and O–H groups in total. The third kappa shape index (κ3) is 2.36. The normalized spacial score (nSPS) is 17.6. The number of anilines is 2. The van der Waals surface area contributed by atoms with Gasteiger partial charge in [-0.3, -0.25) is 0 Å². The molecule has 2 aromatic rings. The van der Waals surface area contributed by atoms with Gasteiger partial charge >= 0.3 is 0 Å². The van der Waals surface area contributed by atoms with Crippen LogP contribution in [0, 0.1) is 12.7 Å². The van der Waals surface area contributed by atoms with Gasteiger partial charge in [0.15, 0.2) is 0 Å². The number of aryl methyl sites for hydroxylation is 2. The number of nitrogen functional groups attached to an aromatic ring is 1. The van der Waals surface area contributed by atoms with E-state index in [0.29, 0.717) is 11.3 Å². The predicted molar refractivity (Wildman–Crippen MR) is 81.3 cm³/mol. The van der Waals surface area contributed by atoms with Gasteiger partial charge in [0.25, 0.3) is 0 Å². The zero-order valence-electron chi connectivity index (χ0n) is 11.6. The number of hydrogen-bond donors (Lipinski definition) is 2. The molecule has 0 bridgehead atoms. The Kier molecular flexibility index (Phi) is 3.35. The quantitative estimate of drug-likeness (QED) is 0.802. The minimum atomic E-state index is -0.253. The van der Waals surface area contributed by atoms with Crippen LogP contribution in [0.15, 0.2) is 36.4 Å². The van der Waals surface area contributed by atoms with Crippen molar-refractivity contribution in [2.75, 3.05) is 11.1 Å². The molecular formula is C17H19FN2. The third-order valence-corrected chi connectivity index (χ3v) is 4.03. The van der Waals surface area contributed by atoms with Gasteiger partial charge in [-0.15, -0.1) is 0 Å². The highest BCUT2D eigenvalue weighted by atomic mass is 19.1. The summed E-state index contributed by atoms with van der Waals surface area (Å²) in [6, 6.07) is 11.9.